The molecule has 96 valence electrons. The van der Waals surface area contributed by atoms with Gasteiger partial charge >= 0.3 is 0 Å². The molecule has 3 heteroatoms. The second-order valence-electron chi connectivity index (χ2n) is 4.60. The average molecular weight is 317 g/mol. The molecule has 3 aromatic rings. The molecule has 0 spiro atoms. The zero-order valence-corrected chi connectivity index (χ0v) is 12.0. The summed E-state index contributed by atoms with van der Waals surface area (Å²) in [7, 11) is 0. The molecule has 1 N–H and O–H groups in total. The normalized spacial score (nSPS) is 12.8. The van der Waals surface area contributed by atoms with Crippen LogP contribution in [0.4, 0.5) is 0 Å². The maximum atomic E-state index is 10.4. The number of fused-ring (bicyclic) bond motifs is 1. The van der Waals surface area contributed by atoms with Gasteiger partial charge in [0.1, 0.15) is 17.4 Å². The zero-order chi connectivity index (χ0) is 13.4. The second kappa shape index (κ2) is 4.83. The maximum absolute atomic E-state index is 10.4. The minimum Gasteiger partial charge on any atom is -0.458 e. The Morgan fingerprint density at radius 3 is 2.63 bits per heavy atom. The first-order valence-corrected chi connectivity index (χ1v) is 6.87. The van der Waals surface area contributed by atoms with Crippen molar-refractivity contribution in [3.63, 3.8) is 0 Å². The highest BCUT2D eigenvalue weighted by atomic mass is 79.9. The summed E-state index contributed by atoms with van der Waals surface area (Å²) in [6, 6.07) is 15.4. The standard InChI is InChI=1S/C16H13BrO2/c1-10-6-7-12(8-13(10)17)16(18)15-9-11-4-2-3-5-14(11)19-15/h2-9,16,18H,1H3. The number of furan rings is 1. The third kappa shape index (κ3) is 2.31. The lowest BCUT2D eigenvalue weighted by molar-refractivity contribution is 0.192. The molecule has 0 aliphatic heterocycles. The highest BCUT2D eigenvalue weighted by Gasteiger charge is 2.16. The minimum atomic E-state index is -0.746. The Morgan fingerprint density at radius 1 is 1.11 bits per heavy atom. The molecule has 0 fully saturated rings. The smallest absolute Gasteiger partial charge is 0.138 e. The van der Waals surface area contributed by atoms with Gasteiger partial charge in [-0.15, -0.1) is 0 Å². The van der Waals surface area contributed by atoms with Crippen LogP contribution in [0.5, 0.6) is 0 Å². The molecule has 0 aliphatic rings. The van der Waals surface area contributed by atoms with E-state index in [0.717, 1.165) is 26.6 Å². The topological polar surface area (TPSA) is 33.4 Å². The molecule has 1 unspecified atom stereocenters. The number of para-hydroxylation sites is 1. The summed E-state index contributed by atoms with van der Waals surface area (Å²) >= 11 is 3.48. The van der Waals surface area contributed by atoms with Gasteiger partial charge in [0.2, 0.25) is 0 Å². The number of aryl methyl sites for hydroxylation is 1. The van der Waals surface area contributed by atoms with Crippen molar-refractivity contribution in [3.05, 3.63) is 69.9 Å². The summed E-state index contributed by atoms with van der Waals surface area (Å²) in [5.41, 5.74) is 2.75. The van der Waals surface area contributed by atoms with E-state index in [1.54, 1.807) is 0 Å². The Labute approximate surface area is 119 Å². The van der Waals surface area contributed by atoms with Crippen molar-refractivity contribution in [1.29, 1.82) is 0 Å². The molecule has 3 rings (SSSR count). The Hall–Kier alpha value is -1.58. The van der Waals surface area contributed by atoms with Crippen LogP contribution in [-0.2, 0) is 0 Å². The summed E-state index contributed by atoms with van der Waals surface area (Å²) in [5.74, 6) is 0.567. The molecule has 19 heavy (non-hydrogen) atoms. The number of hydrogen-bond donors (Lipinski definition) is 1. The van der Waals surface area contributed by atoms with Crippen molar-refractivity contribution in [2.45, 2.75) is 13.0 Å². The van der Waals surface area contributed by atoms with Crippen LogP contribution in [0.25, 0.3) is 11.0 Å². The molecule has 1 atom stereocenters. The van der Waals surface area contributed by atoms with Crippen LogP contribution in [0, 0.1) is 6.92 Å². The summed E-state index contributed by atoms with van der Waals surface area (Å²) in [6.45, 7) is 2.02. The van der Waals surface area contributed by atoms with Gasteiger partial charge in [-0.1, -0.05) is 46.3 Å². The van der Waals surface area contributed by atoms with Gasteiger partial charge in [-0.25, -0.2) is 0 Å². The third-order valence-corrected chi connectivity index (χ3v) is 4.08. The first-order chi connectivity index (χ1) is 9.15. The number of rotatable bonds is 2. The molecule has 0 amide bonds. The van der Waals surface area contributed by atoms with Gasteiger partial charge in [0.25, 0.3) is 0 Å². The van der Waals surface area contributed by atoms with Crippen LogP contribution >= 0.6 is 15.9 Å². The predicted octanol–water partition coefficient (Wildman–Crippen LogP) is 4.59. The predicted molar refractivity (Wildman–Crippen MR) is 79.2 cm³/mol. The van der Waals surface area contributed by atoms with Crippen molar-refractivity contribution in [2.75, 3.05) is 0 Å². The minimum absolute atomic E-state index is 0.567. The van der Waals surface area contributed by atoms with E-state index in [-0.39, 0.29) is 0 Å². The first kappa shape index (κ1) is 12.5. The summed E-state index contributed by atoms with van der Waals surface area (Å²) < 4.78 is 6.68. The van der Waals surface area contributed by atoms with E-state index in [2.05, 4.69) is 15.9 Å². The molecule has 0 saturated heterocycles. The lowest BCUT2D eigenvalue weighted by Gasteiger charge is -2.09. The SMILES string of the molecule is Cc1ccc(C(O)c2cc3ccccc3o2)cc1Br. The van der Waals surface area contributed by atoms with Gasteiger partial charge in [0.15, 0.2) is 0 Å². The lowest BCUT2D eigenvalue weighted by Crippen LogP contribution is -1.98. The van der Waals surface area contributed by atoms with Crippen molar-refractivity contribution in [1.82, 2.24) is 0 Å². The Balaban J connectivity index is 2.02. The van der Waals surface area contributed by atoms with Crippen LogP contribution in [0.3, 0.4) is 0 Å². The van der Waals surface area contributed by atoms with E-state index in [4.69, 9.17) is 4.42 Å². The molecule has 2 nitrogen and oxygen atoms in total. The van der Waals surface area contributed by atoms with E-state index < -0.39 is 6.10 Å². The Kier molecular flexibility index (Phi) is 3.17. The summed E-state index contributed by atoms with van der Waals surface area (Å²) in [5, 5.41) is 11.4. The van der Waals surface area contributed by atoms with Crippen LogP contribution in [0.1, 0.15) is 23.0 Å². The number of hydrogen-bond acceptors (Lipinski definition) is 2. The van der Waals surface area contributed by atoms with Crippen LogP contribution < -0.4 is 0 Å². The number of aliphatic hydroxyl groups is 1. The Morgan fingerprint density at radius 2 is 1.89 bits per heavy atom. The molecule has 0 saturated carbocycles. The highest BCUT2D eigenvalue weighted by Crippen LogP contribution is 2.30. The number of aliphatic hydroxyl groups excluding tert-OH is 1. The Bertz CT molecular complexity index is 697. The lowest BCUT2D eigenvalue weighted by atomic mass is 10.1. The number of halogens is 1. The molecular weight excluding hydrogens is 304 g/mol. The van der Waals surface area contributed by atoms with Crippen molar-refractivity contribution in [2.24, 2.45) is 0 Å². The fourth-order valence-corrected chi connectivity index (χ4v) is 2.48. The third-order valence-electron chi connectivity index (χ3n) is 3.23. The first-order valence-electron chi connectivity index (χ1n) is 6.08. The largest absolute Gasteiger partial charge is 0.458 e. The van der Waals surface area contributed by atoms with Gasteiger partial charge in [-0.3, -0.25) is 0 Å². The van der Waals surface area contributed by atoms with E-state index >= 15 is 0 Å². The second-order valence-corrected chi connectivity index (χ2v) is 5.45. The molecule has 0 bridgehead atoms. The zero-order valence-electron chi connectivity index (χ0n) is 10.4. The van der Waals surface area contributed by atoms with Crippen LogP contribution in [0.15, 0.2) is 57.4 Å². The van der Waals surface area contributed by atoms with E-state index in [1.807, 2.05) is 55.5 Å². The van der Waals surface area contributed by atoms with E-state index in [9.17, 15) is 5.11 Å². The fourth-order valence-electron chi connectivity index (χ4n) is 2.08. The monoisotopic (exact) mass is 316 g/mol. The van der Waals surface area contributed by atoms with Gasteiger partial charge < -0.3 is 9.52 Å². The van der Waals surface area contributed by atoms with Gasteiger partial charge in [0, 0.05) is 9.86 Å². The molecular formula is C16H13BrO2. The molecule has 2 aromatic carbocycles. The molecule has 1 aromatic heterocycles. The summed E-state index contributed by atoms with van der Waals surface area (Å²) in [4.78, 5) is 0. The quantitative estimate of drug-likeness (QED) is 0.750. The van der Waals surface area contributed by atoms with Gasteiger partial charge in [0.05, 0.1) is 0 Å². The number of benzene rings is 2. The highest BCUT2D eigenvalue weighted by molar-refractivity contribution is 9.10. The fraction of sp³-hybridized carbons (Fsp3) is 0.125. The molecule has 1 heterocycles. The van der Waals surface area contributed by atoms with Crippen molar-refractivity contribution >= 4 is 26.9 Å². The van der Waals surface area contributed by atoms with E-state index in [1.165, 1.54) is 0 Å². The maximum Gasteiger partial charge on any atom is 0.138 e. The van der Waals surface area contributed by atoms with E-state index in [0.29, 0.717) is 5.76 Å². The molecule has 0 radical (unpaired) electrons. The van der Waals surface area contributed by atoms with Crippen LogP contribution in [0.2, 0.25) is 0 Å². The van der Waals surface area contributed by atoms with Gasteiger partial charge in [-0.05, 0) is 36.2 Å². The van der Waals surface area contributed by atoms with Crippen LogP contribution in [-0.4, -0.2) is 5.11 Å². The summed E-state index contributed by atoms with van der Waals surface area (Å²) in [6.07, 6.45) is -0.746. The average Bonchev–Trinajstić information content (AvgIpc) is 2.85. The van der Waals surface area contributed by atoms with Crippen molar-refractivity contribution in [3.8, 4) is 0 Å². The van der Waals surface area contributed by atoms with Crippen molar-refractivity contribution < 1.29 is 9.52 Å². The molecule has 0 aliphatic carbocycles. The van der Waals surface area contributed by atoms with Gasteiger partial charge in [-0.2, -0.15) is 0 Å².